The Balaban J connectivity index is 3.37. The molecule has 1 amide bonds. The Bertz CT molecular complexity index is 947. The Morgan fingerprint density at radius 3 is 0.892 bits per heavy atom. The Hall–Kier alpha value is -1.13. The first-order valence-corrected chi connectivity index (χ1v) is 30.1. The van der Waals surface area contributed by atoms with Crippen LogP contribution in [0, 0.1) is 0 Å². The first-order valence-electron chi connectivity index (χ1n) is 30.1. The maximum absolute atomic E-state index is 12.5. The molecule has 0 saturated carbocycles. The maximum Gasteiger partial charge on any atom is 0.220 e. The summed E-state index contributed by atoms with van der Waals surface area (Å²) in [4.78, 5) is 12.5. The second-order valence-corrected chi connectivity index (χ2v) is 20.8. The zero-order valence-electron chi connectivity index (χ0n) is 44.5. The largest absolute Gasteiger partial charge is 0.394 e. The van der Waals surface area contributed by atoms with Gasteiger partial charge in [-0.1, -0.05) is 327 Å². The van der Waals surface area contributed by atoms with Gasteiger partial charge in [-0.25, -0.2) is 0 Å². The fraction of sp³-hybridized carbons (Fsp3) is 0.918. The molecule has 65 heavy (non-hydrogen) atoms. The van der Waals surface area contributed by atoms with Crippen molar-refractivity contribution in [2.45, 2.75) is 353 Å². The lowest BCUT2D eigenvalue weighted by Crippen LogP contribution is -2.45. The highest BCUT2D eigenvalue weighted by Gasteiger charge is 2.18. The van der Waals surface area contributed by atoms with E-state index in [1.165, 1.54) is 289 Å². The van der Waals surface area contributed by atoms with E-state index in [-0.39, 0.29) is 12.5 Å². The van der Waals surface area contributed by atoms with E-state index in [1.54, 1.807) is 6.08 Å². The van der Waals surface area contributed by atoms with Gasteiger partial charge in [0.2, 0.25) is 5.91 Å². The third kappa shape index (κ3) is 53.7. The lowest BCUT2D eigenvalue weighted by Gasteiger charge is -2.19. The van der Waals surface area contributed by atoms with Crippen LogP contribution in [0.5, 0.6) is 0 Å². The molecule has 0 fully saturated rings. The minimum atomic E-state index is -0.859. The van der Waals surface area contributed by atoms with Crippen molar-refractivity contribution in [2.75, 3.05) is 6.61 Å². The quantitative estimate of drug-likeness (QED) is 0.0421. The Morgan fingerprint density at radius 1 is 0.354 bits per heavy atom. The van der Waals surface area contributed by atoms with Crippen LogP contribution in [-0.4, -0.2) is 34.9 Å². The average molecular weight is 915 g/mol. The van der Waals surface area contributed by atoms with Crippen LogP contribution in [-0.2, 0) is 4.79 Å². The van der Waals surface area contributed by atoms with Crippen molar-refractivity contribution >= 4 is 5.91 Å². The summed E-state index contributed by atoms with van der Waals surface area (Å²) in [6.45, 7) is 4.32. The topological polar surface area (TPSA) is 69.6 Å². The summed E-state index contributed by atoms with van der Waals surface area (Å²) in [7, 11) is 0. The molecule has 4 heteroatoms. The molecule has 0 aromatic carbocycles. The number of aliphatic hydroxyl groups excluding tert-OH is 2. The van der Waals surface area contributed by atoms with Crippen LogP contribution in [0.2, 0.25) is 0 Å². The Kier molecular flexibility index (Phi) is 56.2. The summed E-state index contributed by atoms with van der Waals surface area (Å²) >= 11 is 0. The average Bonchev–Trinajstić information content (AvgIpc) is 3.31. The molecule has 0 aliphatic carbocycles. The van der Waals surface area contributed by atoms with E-state index < -0.39 is 12.1 Å². The fourth-order valence-corrected chi connectivity index (χ4v) is 9.61. The van der Waals surface area contributed by atoms with Gasteiger partial charge in [0, 0.05) is 6.42 Å². The van der Waals surface area contributed by atoms with Gasteiger partial charge in [-0.2, -0.15) is 0 Å². The highest BCUT2D eigenvalue weighted by atomic mass is 16.3. The molecular weight excluding hydrogens is 795 g/mol. The van der Waals surface area contributed by atoms with Crippen LogP contribution in [0.1, 0.15) is 341 Å². The first kappa shape index (κ1) is 63.9. The zero-order valence-corrected chi connectivity index (χ0v) is 44.5. The van der Waals surface area contributed by atoms with Crippen molar-refractivity contribution < 1.29 is 15.0 Å². The molecule has 0 aliphatic rings. The summed E-state index contributed by atoms with van der Waals surface area (Å²) in [5, 5.41) is 23.1. The van der Waals surface area contributed by atoms with Gasteiger partial charge in [0.15, 0.2) is 0 Å². The summed E-state index contributed by atoms with van der Waals surface area (Å²) in [6.07, 6.45) is 76.7. The minimum absolute atomic E-state index is 0.0673. The van der Waals surface area contributed by atoms with Gasteiger partial charge in [0.1, 0.15) is 0 Å². The molecule has 0 spiro atoms. The van der Waals surface area contributed by atoms with Crippen molar-refractivity contribution in [1.29, 1.82) is 0 Å². The molecule has 2 unspecified atom stereocenters. The van der Waals surface area contributed by atoms with Gasteiger partial charge in [0.05, 0.1) is 18.8 Å². The van der Waals surface area contributed by atoms with Crippen molar-refractivity contribution in [2.24, 2.45) is 0 Å². The van der Waals surface area contributed by atoms with Gasteiger partial charge in [-0.05, 0) is 32.1 Å². The third-order valence-electron chi connectivity index (χ3n) is 14.2. The molecule has 0 heterocycles. The first-order chi connectivity index (χ1) is 32.2. The molecule has 0 saturated heterocycles. The molecule has 3 N–H and O–H groups in total. The number of nitrogens with one attached hydrogen (secondary N) is 1. The summed E-state index contributed by atoms with van der Waals surface area (Å²) in [5.74, 6) is -0.0673. The highest BCUT2D eigenvalue weighted by Crippen LogP contribution is 2.18. The van der Waals surface area contributed by atoms with E-state index in [0.717, 1.165) is 32.1 Å². The number of hydrogen-bond donors (Lipinski definition) is 3. The smallest absolute Gasteiger partial charge is 0.220 e. The number of hydrogen-bond acceptors (Lipinski definition) is 3. The second-order valence-electron chi connectivity index (χ2n) is 20.8. The van der Waals surface area contributed by atoms with Crippen molar-refractivity contribution in [3.8, 4) is 0 Å². The molecule has 0 bridgehead atoms. The van der Waals surface area contributed by atoms with Crippen LogP contribution in [0.15, 0.2) is 24.3 Å². The van der Waals surface area contributed by atoms with Crippen LogP contribution in [0.4, 0.5) is 0 Å². The maximum atomic E-state index is 12.5. The van der Waals surface area contributed by atoms with Gasteiger partial charge in [-0.15, -0.1) is 0 Å². The summed E-state index contributed by atoms with van der Waals surface area (Å²) in [5.41, 5.74) is 0. The molecule has 0 aromatic rings. The lowest BCUT2D eigenvalue weighted by atomic mass is 10.0. The normalized spacial score (nSPS) is 12.9. The lowest BCUT2D eigenvalue weighted by molar-refractivity contribution is -0.123. The molecule has 0 aliphatic heterocycles. The number of aliphatic hydroxyl groups is 2. The summed E-state index contributed by atoms with van der Waals surface area (Å²) < 4.78 is 0. The number of amides is 1. The number of allylic oxidation sites excluding steroid dienone is 3. The minimum Gasteiger partial charge on any atom is -0.394 e. The fourth-order valence-electron chi connectivity index (χ4n) is 9.61. The van der Waals surface area contributed by atoms with Crippen LogP contribution < -0.4 is 5.32 Å². The van der Waals surface area contributed by atoms with Crippen molar-refractivity contribution in [3.05, 3.63) is 24.3 Å². The second kappa shape index (κ2) is 57.2. The van der Waals surface area contributed by atoms with E-state index >= 15 is 0 Å². The van der Waals surface area contributed by atoms with E-state index in [9.17, 15) is 15.0 Å². The Labute approximate surface area is 409 Å². The summed E-state index contributed by atoms with van der Waals surface area (Å²) in [6, 6.07) is -0.635. The standard InChI is InChI=1S/C61H119NO3/c1-3-5-7-9-11-13-15-17-19-20-21-22-23-24-25-26-27-28-29-30-31-32-33-34-35-36-37-38-39-40-41-43-45-47-49-51-53-55-57-61(65)62-59(58-63)60(64)56-54-52-50-48-46-44-42-18-16-14-12-10-8-6-4-2/h46,48,54,56,59-60,63-64H,3-45,47,49-53,55,57-58H2,1-2H3,(H,62,65)/b48-46+,56-54+. The number of carbonyl (C=O) groups excluding carboxylic acids is 1. The van der Waals surface area contributed by atoms with Crippen molar-refractivity contribution in [1.82, 2.24) is 5.32 Å². The van der Waals surface area contributed by atoms with E-state index in [4.69, 9.17) is 0 Å². The molecule has 4 nitrogen and oxygen atoms in total. The van der Waals surface area contributed by atoms with E-state index in [0.29, 0.717) is 6.42 Å². The van der Waals surface area contributed by atoms with Gasteiger partial charge in [0.25, 0.3) is 0 Å². The van der Waals surface area contributed by atoms with Gasteiger partial charge < -0.3 is 15.5 Å². The number of rotatable bonds is 56. The molecule has 0 radical (unpaired) electrons. The molecule has 0 rings (SSSR count). The monoisotopic (exact) mass is 914 g/mol. The Morgan fingerprint density at radius 2 is 0.600 bits per heavy atom. The molecule has 2 atom stereocenters. The predicted octanol–water partition coefficient (Wildman–Crippen LogP) is 19.9. The van der Waals surface area contributed by atoms with Crippen molar-refractivity contribution in [3.63, 3.8) is 0 Å². The highest BCUT2D eigenvalue weighted by molar-refractivity contribution is 5.76. The number of unbranched alkanes of at least 4 members (excludes halogenated alkanes) is 47. The zero-order chi connectivity index (χ0) is 47.0. The predicted molar refractivity (Wildman–Crippen MR) is 290 cm³/mol. The van der Waals surface area contributed by atoms with Crippen LogP contribution in [0.3, 0.4) is 0 Å². The van der Waals surface area contributed by atoms with Gasteiger partial charge >= 0.3 is 0 Å². The molecule has 386 valence electrons. The molecule has 0 aromatic heterocycles. The van der Waals surface area contributed by atoms with Crippen LogP contribution >= 0.6 is 0 Å². The SMILES string of the molecule is CCCCCCCCCCC/C=C/CC/C=C/C(O)C(CO)NC(=O)CCCCCCCCCCCCCCCCCCCCCCCCCCCCCCCCCCCCCCCC. The van der Waals surface area contributed by atoms with Gasteiger partial charge in [-0.3, -0.25) is 4.79 Å². The number of carbonyl (C=O) groups is 1. The van der Waals surface area contributed by atoms with Crippen LogP contribution in [0.25, 0.3) is 0 Å². The van der Waals surface area contributed by atoms with E-state index in [1.807, 2.05) is 6.08 Å². The van der Waals surface area contributed by atoms with E-state index in [2.05, 4.69) is 31.3 Å². The molecular formula is C61H119NO3. The third-order valence-corrected chi connectivity index (χ3v) is 14.2.